The maximum atomic E-state index is 11.7. The normalized spacial score (nSPS) is 12.7. The molecule has 2 amide bonds. The number of carbonyl (C=O) groups excluding carboxylic acids is 1. The lowest BCUT2D eigenvalue weighted by Crippen LogP contribution is -2.34. The number of ether oxygens (including phenoxy) is 1. The largest absolute Gasteiger partial charge is 0.497 e. The number of hydrogen-bond acceptors (Lipinski definition) is 3. The Hall–Kier alpha value is -1.75. The summed E-state index contributed by atoms with van der Waals surface area (Å²) in [6.45, 7) is 6.33. The van der Waals surface area contributed by atoms with Crippen molar-refractivity contribution in [2.75, 3.05) is 19.0 Å². The highest BCUT2D eigenvalue weighted by Gasteiger charge is 2.21. The quantitative estimate of drug-likeness (QED) is 0.776. The monoisotopic (exact) mass is 280 g/mol. The van der Waals surface area contributed by atoms with Crippen molar-refractivity contribution in [3.63, 3.8) is 0 Å². The number of benzene rings is 1. The van der Waals surface area contributed by atoms with Crippen LogP contribution in [-0.4, -0.2) is 30.9 Å². The minimum atomic E-state index is -0.441. The Morgan fingerprint density at radius 2 is 1.90 bits per heavy atom. The standard InChI is InChI=1S/C15H24N2O3/c1-15(2,3)13(18)9-10-16-14(19)17-11-5-7-12(20-4)8-6-11/h5-8,13,18H,9-10H2,1-4H3,(H2,16,17,19). The molecule has 0 spiro atoms. The van der Waals surface area contributed by atoms with Crippen LogP contribution in [0.3, 0.4) is 0 Å². The summed E-state index contributed by atoms with van der Waals surface area (Å²) in [6.07, 6.45) is 0.0864. The summed E-state index contributed by atoms with van der Waals surface area (Å²) in [6, 6.07) is 6.80. The first-order valence-corrected chi connectivity index (χ1v) is 6.70. The number of urea groups is 1. The zero-order valence-electron chi connectivity index (χ0n) is 12.6. The molecule has 0 heterocycles. The van der Waals surface area contributed by atoms with Crippen molar-refractivity contribution in [3.8, 4) is 5.75 Å². The second kappa shape index (κ2) is 7.14. The number of nitrogens with one attached hydrogen (secondary N) is 2. The van der Waals surface area contributed by atoms with Crippen LogP contribution in [0.5, 0.6) is 5.75 Å². The van der Waals surface area contributed by atoms with Crippen molar-refractivity contribution in [1.29, 1.82) is 0 Å². The summed E-state index contributed by atoms with van der Waals surface area (Å²) >= 11 is 0. The highest BCUT2D eigenvalue weighted by atomic mass is 16.5. The molecule has 1 aromatic carbocycles. The Labute approximate surface area is 120 Å². The molecule has 0 radical (unpaired) electrons. The molecule has 0 saturated heterocycles. The first-order valence-electron chi connectivity index (χ1n) is 6.70. The lowest BCUT2D eigenvalue weighted by atomic mass is 9.87. The third-order valence-corrected chi connectivity index (χ3v) is 3.05. The van der Waals surface area contributed by atoms with Gasteiger partial charge in [-0.2, -0.15) is 0 Å². The number of methoxy groups -OCH3 is 1. The van der Waals surface area contributed by atoms with E-state index in [4.69, 9.17) is 4.74 Å². The van der Waals surface area contributed by atoms with E-state index in [2.05, 4.69) is 10.6 Å². The number of aliphatic hydroxyl groups excluding tert-OH is 1. The van der Waals surface area contributed by atoms with E-state index in [0.29, 0.717) is 18.7 Å². The zero-order chi connectivity index (χ0) is 15.2. The van der Waals surface area contributed by atoms with E-state index in [-0.39, 0.29) is 11.4 Å². The number of amides is 2. The van der Waals surface area contributed by atoms with Crippen LogP contribution >= 0.6 is 0 Å². The van der Waals surface area contributed by atoms with Gasteiger partial charge in [0.1, 0.15) is 5.75 Å². The summed E-state index contributed by atoms with van der Waals surface area (Å²) in [5.74, 6) is 0.740. The minimum Gasteiger partial charge on any atom is -0.497 e. The van der Waals surface area contributed by atoms with E-state index in [1.54, 1.807) is 31.4 Å². The Balaban J connectivity index is 2.33. The van der Waals surface area contributed by atoms with Crippen molar-refractivity contribution >= 4 is 11.7 Å². The molecule has 0 aliphatic heterocycles. The maximum absolute atomic E-state index is 11.7. The molecule has 20 heavy (non-hydrogen) atoms. The topological polar surface area (TPSA) is 70.6 Å². The molecule has 5 heteroatoms. The first kappa shape index (κ1) is 16.3. The molecular formula is C15H24N2O3. The lowest BCUT2D eigenvalue weighted by molar-refractivity contribution is 0.0565. The average molecular weight is 280 g/mol. The molecule has 0 aromatic heterocycles. The Morgan fingerprint density at radius 1 is 1.30 bits per heavy atom. The van der Waals surface area contributed by atoms with Crippen LogP contribution in [-0.2, 0) is 0 Å². The number of hydrogen-bond donors (Lipinski definition) is 3. The highest BCUT2D eigenvalue weighted by Crippen LogP contribution is 2.21. The van der Waals surface area contributed by atoms with E-state index in [1.807, 2.05) is 20.8 Å². The summed E-state index contributed by atoms with van der Waals surface area (Å²) in [7, 11) is 1.59. The minimum absolute atomic E-state index is 0.172. The van der Waals surface area contributed by atoms with Gasteiger partial charge in [-0.05, 0) is 36.1 Å². The highest BCUT2D eigenvalue weighted by molar-refractivity contribution is 5.89. The van der Waals surface area contributed by atoms with Crippen LogP contribution in [0.1, 0.15) is 27.2 Å². The van der Waals surface area contributed by atoms with Crippen molar-refractivity contribution in [2.24, 2.45) is 5.41 Å². The summed E-state index contributed by atoms with van der Waals surface area (Å²) in [4.78, 5) is 11.7. The Kier molecular flexibility index (Phi) is 5.82. The number of carbonyl (C=O) groups is 1. The molecule has 1 aromatic rings. The van der Waals surface area contributed by atoms with Crippen LogP contribution in [0.25, 0.3) is 0 Å². The van der Waals surface area contributed by atoms with Crippen LogP contribution in [0.2, 0.25) is 0 Å². The van der Waals surface area contributed by atoms with Crippen molar-refractivity contribution < 1.29 is 14.6 Å². The maximum Gasteiger partial charge on any atom is 0.319 e. The number of rotatable bonds is 5. The lowest BCUT2D eigenvalue weighted by Gasteiger charge is -2.25. The number of aliphatic hydroxyl groups is 1. The van der Waals surface area contributed by atoms with E-state index < -0.39 is 6.10 Å². The van der Waals surface area contributed by atoms with Gasteiger partial charge in [-0.3, -0.25) is 0 Å². The van der Waals surface area contributed by atoms with Gasteiger partial charge in [-0.1, -0.05) is 20.8 Å². The third kappa shape index (κ3) is 5.48. The van der Waals surface area contributed by atoms with Gasteiger partial charge in [0.15, 0.2) is 0 Å². The number of anilines is 1. The van der Waals surface area contributed by atoms with Crippen LogP contribution in [0.4, 0.5) is 10.5 Å². The van der Waals surface area contributed by atoms with Gasteiger partial charge in [0.05, 0.1) is 13.2 Å². The van der Waals surface area contributed by atoms with Crippen molar-refractivity contribution in [1.82, 2.24) is 5.32 Å². The van der Waals surface area contributed by atoms with Gasteiger partial charge in [0.2, 0.25) is 0 Å². The summed E-state index contributed by atoms with van der Waals surface area (Å²) in [5, 5.41) is 15.3. The molecule has 5 nitrogen and oxygen atoms in total. The van der Waals surface area contributed by atoms with Crippen LogP contribution in [0, 0.1) is 5.41 Å². The Morgan fingerprint density at radius 3 is 2.40 bits per heavy atom. The van der Waals surface area contributed by atoms with Gasteiger partial charge in [-0.25, -0.2) is 4.79 Å². The molecule has 1 rings (SSSR count). The fourth-order valence-electron chi connectivity index (χ4n) is 1.61. The van der Waals surface area contributed by atoms with E-state index in [1.165, 1.54) is 0 Å². The Bertz CT molecular complexity index is 424. The van der Waals surface area contributed by atoms with Crippen LogP contribution < -0.4 is 15.4 Å². The average Bonchev–Trinajstić information content (AvgIpc) is 2.38. The fourth-order valence-corrected chi connectivity index (χ4v) is 1.61. The van der Waals surface area contributed by atoms with Crippen molar-refractivity contribution in [2.45, 2.75) is 33.3 Å². The third-order valence-electron chi connectivity index (χ3n) is 3.05. The smallest absolute Gasteiger partial charge is 0.319 e. The molecule has 1 unspecified atom stereocenters. The van der Waals surface area contributed by atoms with Crippen molar-refractivity contribution in [3.05, 3.63) is 24.3 Å². The molecule has 0 bridgehead atoms. The van der Waals surface area contributed by atoms with Gasteiger partial charge < -0.3 is 20.5 Å². The fraction of sp³-hybridized carbons (Fsp3) is 0.533. The summed E-state index contributed by atoms with van der Waals surface area (Å²) in [5.41, 5.74) is 0.522. The van der Waals surface area contributed by atoms with E-state index in [9.17, 15) is 9.90 Å². The predicted octanol–water partition coefficient (Wildman–Crippen LogP) is 2.61. The molecular weight excluding hydrogens is 256 g/mol. The van der Waals surface area contributed by atoms with E-state index >= 15 is 0 Å². The molecule has 0 saturated carbocycles. The molecule has 0 aliphatic carbocycles. The summed E-state index contributed by atoms with van der Waals surface area (Å²) < 4.78 is 5.04. The van der Waals surface area contributed by atoms with Gasteiger partial charge in [0, 0.05) is 12.2 Å². The molecule has 0 aliphatic rings. The first-order chi connectivity index (χ1) is 9.32. The van der Waals surface area contributed by atoms with Gasteiger partial charge in [-0.15, -0.1) is 0 Å². The van der Waals surface area contributed by atoms with Gasteiger partial charge in [0.25, 0.3) is 0 Å². The second-order valence-electron chi connectivity index (χ2n) is 5.78. The second-order valence-corrected chi connectivity index (χ2v) is 5.78. The molecule has 1 atom stereocenters. The molecule has 3 N–H and O–H groups in total. The van der Waals surface area contributed by atoms with E-state index in [0.717, 1.165) is 5.75 Å². The zero-order valence-corrected chi connectivity index (χ0v) is 12.6. The van der Waals surface area contributed by atoms with Crippen LogP contribution in [0.15, 0.2) is 24.3 Å². The molecule has 112 valence electrons. The molecule has 0 fully saturated rings. The SMILES string of the molecule is COc1ccc(NC(=O)NCCC(O)C(C)(C)C)cc1. The predicted molar refractivity (Wildman–Crippen MR) is 80.1 cm³/mol. The van der Waals surface area contributed by atoms with Gasteiger partial charge >= 0.3 is 6.03 Å².